The number of piperidine rings is 1. The molecule has 1 aromatic carbocycles. The van der Waals surface area contributed by atoms with Gasteiger partial charge in [-0.25, -0.2) is 22.7 Å². The number of H-pyrrole nitrogens is 1. The van der Waals surface area contributed by atoms with Crippen molar-refractivity contribution in [1.82, 2.24) is 28.8 Å². The molecule has 0 aliphatic carbocycles. The third-order valence-corrected chi connectivity index (χ3v) is 14.4. The maximum atomic E-state index is 13.0. The van der Waals surface area contributed by atoms with Gasteiger partial charge in [0.05, 0.1) is 23.8 Å². The van der Waals surface area contributed by atoms with Gasteiger partial charge < -0.3 is 14.7 Å². The van der Waals surface area contributed by atoms with Crippen LogP contribution in [0.25, 0.3) is 22.1 Å². The Balaban J connectivity index is 1.31. The third-order valence-electron chi connectivity index (χ3n) is 8.54. The lowest BCUT2D eigenvalue weighted by Crippen LogP contribution is -2.42. The van der Waals surface area contributed by atoms with Crippen LogP contribution in [-0.4, -0.2) is 77.5 Å². The molecule has 4 aromatic rings. The highest BCUT2D eigenvalue weighted by atomic mass is 32.2. The molecule has 42 heavy (non-hydrogen) atoms. The van der Waals surface area contributed by atoms with Crippen molar-refractivity contribution < 1.29 is 12.8 Å². The summed E-state index contributed by atoms with van der Waals surface area (Å²) in [5.74, 6) is 1.07. The number of hydrogen-bond donors (Lipinski definition) is 2. The van der Waals surface area contributed by atoms with Gasteiger partial charge in [0.15, 0.2) is 8.32 Å². The van der Waals surface area contributed by atoms with Crippen molar-refractivity contribution >= 4 is 46.4 Å². The Morgan fingerprint density at radius 3 is 2.55 bits per heavy atom. The summed E-state index contributed by atoms with van der Waals surface area (Å²) in [5.41, 5.74) is 3.25. The van der Waals surface area contributed by atoms with Crippen molar-refractivity contribution in [3.63, 3.8) is 0 Å². The molecule has 13 heteroatoms. The van der Waals surface area contributed by atoms with Gasteiger partial charge in [0.2, 0.25) is 16.0 Å². The lowest BCUT2D eigenvalue weighted by atomic mass is 10.1. The van der Waals surface area contributed by atoms with Gasteiger partial charge >= 0.3 is 0 Å². The van der Waals surface area contributed by atoms with E-state index in [0.717, 1.165) is 22.8 Å². The number of benzene rings is 1. The highest BCUT2D eigenvalue weighted by Crippen LogP contribution is 2.36. The van der Waals surface area contributed by atoms with E-state index in [2.05, 4.69) is 66.3 Å². The Kier molecular flexibility index (Phi) is 8.31. The molecule has 0 amide bonds. The minimum absolute atomic E-state index is 0.0428. The van der Waals surface area contributed by atoms with Gasteiger partial charge in [0.1, 0.15) is 11.5 Å². The summed E-state index contributed by atoms with van der Waals surface area (Å²) in [7, 11) is -4.99. The molecule has 0 atom stereocenters. The summed E-state index contributed by atoms with van der Waals surface area (Å²) in [4.78, 5) is 30.2. The summed E-state index contributed by atoms with van der Waals surface area (Å²) in [6, 6.07) is 9.47. The second kappa shape index (κ2) is 11.5. The Labute approximate surface area is 247 Å². The Hall–Kier alpha value is -3.13. The first-order chi connectivity index (χ1) is 19.7. The number of aromatic amines is 1. The van der Waals surface area contributed by atoms with Crippen LogP contribution < -0.4 is 10.9 Å². The molecule has 0 bridgehead atoms. The Morgan fingerprint density at radius 1 is 1.12 bits per heavy atom. The molecular formula is C29H41N7O4SSi. The van der Waals surface area contributed by atoms with Gasteiger partial charge in [-0.1, -0.05) is 26.8 Å². The zero-order valence-corrected chi connectivity index (χ0v) is 27.1. The highest BCUT2D eigenvalue weighted by Gasteiger charge is 2.36. The molecule has 1 aliphatic heterocycles. The van der Waals surface area contributed by atoms with E-state index in [1.54, 1.807) is 16.8 Å². The number of hydrogen-bond acceptors (Lipinski definition) is 8. The third kappa shape index (κ3) is 6.74. The number of rotatable bonds is 9. The van der Waals surface area contributed by atoms with Gasteiger partial charge in [0.25, 0.3) is 5.56 Å². The first-order valence-corrected chi connectivity index (χ1v) is 19.1. The smallest absolute Gasteiger partial charge is 0.252 e. The van der Waals surface area contributed by atoms with E-state index in [1.807, 2.05) is 6.07 Å². The molecule has 2 N–H and O–H groups in total. The first kappa shape index (κ1) is 30.3. The second-order valence-corrected chi connectivity index (χ2v) is 19.5. The van der Waals surface area contributed by atoms with Gasteiger partial charge in [-0.2, -0.15) is 4.98 Å². The van der Waals surface area contributed by atoms with Gasteiger partial charge in [0, 0.05) is 43.4 Å². The van der Waals surface area contributed by atoms with Crippen LogP contribution in [0.5, 0.6) is 0 Å². The largest absolute Gasteiger partial charge is 0.416 e. The molecule has 0 unspecified atom stereocenters. The average Bonchev–Trinajstić information content (AvgIpc) is 3.31. The summed E-state index contributed by atoms with van der Waals surface area (Å²) in [6.07, 6.45) is 5.06. The Morgan fingerprint density at radius 2 is 1.86 bits per heavy atom. The predicted octanol–water partition coefficient (Wildman–Crippen LogP) is 4.12. The van der Waals surface area contributed by atoms with Crippen molar-refractivity contribution in [3.05, 3.63) is 58.3 Å². The first-order valence-electron chi connectivity index (χ1n) is 14.4. The summed E-state index contributed by atoms with van der Waals surface area (Å²) < 4.78 is 33.1. The van der Waals surface area contributed by atoms with Crippen LogP contribution in [0.2, 0.25) is 18.1 Å². The van der Waals surface area contributed by atoms with E-state index in [9.17, 15) is 13.2 Å². The number of aromatic nitrogens is 5. The van der Waals surface area contributed by atoms with Crippen molar-refractivity contribution in [3.8, 4) is 0 Å². The minimum Gasteiger partial charge on any atom is -0.416 e. The van der Waals surface area contributed by atoms with E-state index in [1.165, 1.54) is 22.2 Å². The van der Waals surface area contributed by atoms with E-state index in [-0.39, 0.29) is 23.2 Å². The van der Waals surface area contributed by atoms with Crippen molar-refractivity contribution in [2.24, 2.45) is 0 Å². The van der Waals surface area contributed by atoms with Crippen molar-refractivity contribution in [1.29, 1.82) is 0 Å². The van der Waals surface area contributed by atoms with Gasteiger partial charge in [-0.15, -0.1) is 0 Å². The maximum absolute atomic E-state index is 13.0. The van der Waals surface area contributed by atoms with Crippen molar-refractivity contribution in [2.75, 3.05) is 31.3 Å². The fraction of sp³-hybridized carbons (Fsp3) is 0.517. The van der Waals surface area contributed by atoms with Crippen LogP contribution in [0.4, 0.5) is 5.95 Å². The SMILES string of the molecule is CC(C)(C)[Si](C)(C)OCCc1ccc2nc(Cn3c(=O)ccc4cnc(NC5CCN(S(C)(=O)=O)CC5)nc43)[nH]c2c1. The molecule has 3 aromatic heterocycles. The number of imidazole rings is 1. The normalized spacial score (nSPS) is 16.0. The molecule has 5 rings (SSSR count). The topological polar surface area (TPSA) is 135 Å². The number of sulfonamides is 1. The standard InChI is InChI=1S/C29H41N7O4SSi/c1-29(2,3)42(5,6)40-16-13-20-7-9-23-24(17-20)33-25(32-23)19-36-26(37)10-8-21-18-30-28(34-27(21)36)31-22-11-14-35(15-12-22)41(4,38)39/h7-10,17-18,22H,11-16,19H2,1-6H3,(H,32,33)(H,30,31,34). The molecule has 1 aliphatic rings. The van der Waals surface area contributed by atoms with E-state index >= 15 is 0 Å². The molecule has 4 heterocycles. The molecule has 226 valence electrons. The van der Waals surface area contributed by atoms with Crippen LogP contribution in [-0.2, 0) is 27.4 Å². The maximum Gasteiger partial charge on any atom is 0.252 e. The number of fused-ring (bicyclic) bond motifs is 2. The highest BCUT2D eigenvalue weighted by molar-refractivity contribution is 7.88. The van der Waals surface area contributed by atoms with Gasteiger partial charge in [-0.3, -0.25) is 9.36 Å². The van der Waals surface area contributed by atoms with Crippen LogP contribution in [0.3, 0.4) is 0 Å². The fourth-order valence-electron chi connectivity index (χ4n) is 4.94. The van der Waals surface area contributed by atoms with Crippen molar-refractivity contribution in [2.45, 2.75) is 70.8 Å². The molecule has 0 radical (unpaired) electrons. The molecule has 0 spiro atoms. The average molecular weight is 612 g/mol. The second-order valence-electron chi connectivity index (χ2n) is 12.7. The lowest BCUT2D eigenvalue weighted by molar-refractivity contribution is 0.292. The fourth-order valence-corrected chi connectivity index (χ4v) is 6.86. The molecule has 11 nitrogen and oxygen atoms in total. The predicted molar refractivity (Wildman–Crippen MR) is 169 cm³/mol. The number of nitrogens with one attached hydrogen (secondary N) is 2. The van der Waals surface area contributed by atoms with E-state index < -0.39 is 18.3 Å². The Bertz CT molecular complexity index is 1750. The number of pyridine rings is 1. The molecular weight excluding hydrogens is 571 g/mol. The van der Waals surface area contributed by atoms with Crippen LogP contribution >= 0.6 is 0 Å². The van der Waals surface area contributed by atoms with E-state index in [0.29, 0.717) is 50.0 Å². The minimum atomic E-state index is -3.20. The molecule has 0 saturated carbocycles. The zero-order valence-electron chi connectivity index (χ0n) is 25.3. The lowest BCUT2D eigenvalue weighted by Gasteiger charge is -2.36. The molecule has 1 saturated heterocycles. The number of anilines is 1. The van der Waals surface area contributed by atoms with E-state index in [4.69, 9.17) is 9.41 Å². The van der Waals surface area contributed by atoms with Crippen LogP contribution in [0, 0.1) is 0 Å². The van der Waals surface area contributed by atoms with Gasteiger partial charge in [-0.05, 0) is 61.2 Å². The van der Waals surface area contributed by atoms with Crippen LogP contribution in [0.15, 0.2) is 41.3 Å². The monoisotopic (exact) mass is 611 g/mol. The quantitative estimate of drug-likeness (QED) is 0.270. The summed E-state index contributed by atoms with van der Waals surface area (Å²) in [6.45, 7) is 13.1. The molecule has 1 fully saturated rings. The summed E-state index contributed by atoms with van der Waals surface area (Å²) in [5, 5.41) is 4.24. The number of nitrogens with zero attached hydrogens (tertiary/aromatic N) is 5. The zero-order chi connectivity index (χ0) is 30.3. The summed E-state index contributed by atoms with van der Waals surface area (Å²) >= 11 is 0. The van der Waals surface area contributed by atoms with Crippen LogP contribution in [0.1, 0.15) is 45.0 Å².